The zero-order valence-corrected chi connectivity index (χ0v) is 20.2. The number of aromatic amines is 1. The lowest BCUT2D eigenvalue weighted by Gasteiger charge is -2.13. The molecule has 35 heavy (non-hydrogen) atoms. The quantitative estimate of drug-likeness (QED) is 0.316. The lowest BCUT2D eigenvalue weighted by atomic mass is 10.1. The smallest absolute Gasteiger partial charge is 0.262 e. The van der Waals surface area contributed by atoms with Gasteiger partial charge in [0.05, 0.1) is 22.5 Å². The normalized spacial score (nSPS) is 11.3. The van der Waals surface area contributed by atoms with Gasteiger partial charge in [0.25, 0.3) is 11.5 Å². The highest BCUT2D eigenvalue weighted by Crippen LogP contribution is 2.31. The van der Waals surface area contributed by atoms with E-state index in [2.05, 4.69) is 15.3 Å². The van der Waals surface area contributed by atoms with Crippen LogP contribution in [0.5, 0.6) is 11.5 Å². The van der Waals surface area contributed by atoms with Crippen LogP contribution in [0, 0.1) is 0 Å². The van der Waals surface area contributed by atoms with Gasteiger partial charge in [0, 0.05) is 10.7 Å². The van der Waals surface area contributed by atoms with Crippen LogP contribution >= 0.6 is 23.2 Å². The fraction of sp³-hybridized carbons (Fsp3) is 0.115. The van der Waals surface area contributed by atoms with Crippen LogP contribution in [0.4, 0.5) is 5.69 Å². The Hall–Kier alpha value is -3.81. The Kier molecular flexibility index (Phi) is 7.70. The maximum Gasteiger partial charge on any atom is 0.262 e. The Balaban J connectivity index is 1.53. The summed E-state index contributed by atoms with van der Waals surface area (Å²) in [5.41, 5.74) is 1.49. The highest BCUT2D eigenvalue weighted by molar-refractivity contribution is 6.50. The highest BCUT2D eigenvalue weighted by atomic mass is 35.5. The second kappa shape index (κ2) is 11.1. The number of benzene rings is 3. The van der Waals surface area contributed by atoms with Gasteiger partial charge in [-0.2, -0.15) is 0 Å². The minimum absolute atomic E-state index is 0.185. The largest absolute Gasteiger partial charge is 0.490 e. The molecule has 4 aromatic rings. The molecule has 3 aromatic carbocycles. The first kappa shape index (κ1) is 24.3. The third kappa shape index (κ3) is 6.20. The predicted molar refractivity (Wildman–Crippen MR) is 139 cm³/mol. The van der Waals surface area contributed by atoms with Crippen molar-refractivity contribution in [3.8, 4) is 11.5 Å². The first-order valence-electron chi connectivity index (χ1n) is 10.7. The van der Waals surface area contributed by atoms with Gasteiger partial charge in [-0.25, -0.2) is 4.98 Å². The van der Waals surface area contributed by atoms with Gasteiger partial charge < -0.3 is 19.8 Å². The number of rotatable bonds is 8. The van der Waals surface area contributed by atoms with E-state index in [4.69, 9.17) is 32.7 Å². The molecule has 2 N–H and O–H groups in total. The van der Waals surface area contributed by atoms with Crippen LogP contribution in [0.25, 0.3) is 22.0 Å². The molecule has 0 aliphatic rings. The lowest BCUT2D eigenvalue weighted by Crippen LogP contribution is -2.20. The van der Waals surface area contributed by atoms with Crippen LogP contribution in [-0.2, 0) is 4.79 Å². The molecule has 178 valence electrons. The fourth-order valence-corrected chi connectivity index (χ4v) is 3.69. The van der Waals surface area contributed by atoms with Gasteiger partial charge in [0.1, 0.15) is 0 Å². The average Bonchev–Trinajstić information content (AvgIpc) is 2.84. The molecule has 1 amide bonds. The van der Waals surface area contributed by atoms with Crippen molar-refractivity contribution in [2.24, 2.45) is 0 Å². The van der Waals surface area contributed by atoms with Crippen molar-refractivity contribution in [2.45, 2.75) is 6.92 Å². The first-order chi connectivity index (χ1) is 16.9. The number of halogens is 2. The fourth-order valence-electron chi connectivity index (χ4n) is 3.30. The summed E-state index contributed by atoms with van der Waals surface area (Å²) < 4.78 is 11.4. The van der Waals surface area contributed by atoms with Gasteiger partial charge in [-0.1, -0.05) is 47.5 Å². The Morgan fingerprint density at radius 2 is 1.86 bits per heavy atom. The van der Waals surface area contributed by atoms with Gasteiger partial charge in [-0.3, -0.25) is 9.59 Å². The van der Waals surface area contributed by atoms with E-state index in [9.17, 15) is 9.59 Å². The molecule has 0 radical (unpaired) electrons. The molecule has 0 unspecified atom stereocenters. The summed E-state index contributed by atoms with van der Waals surface area (Å²) in [5, 5.41) is 3.87. The van der Waals surface area contributed by atoms with Crippen molar-refractivity contribution >= 4 is 56.8 Å². The van der Waals surface area contributed by atoms with E-state index in [-0.39, 0.29) is 28.9 Å². The van der Waals surface area contributed by atoms with Crippen LogP contribution in [0.2, 0.25) is 5.02 Å². The van der Waals surface area contributed by atoms with Crippen molar-refractivity contribution in [1.29, 1.82) is 0 Å². The summed E-state index contributed by atoms with van der Waals surface area (Å²) in [5.74, 6) is 0.777. The van der Waals surface area contributed by atoms with Crippen LogP contribution in [0.1, 0.15) is 18.3 Å². The molecule has 7 nitrogen and oxygen atoms in total. The third-order valence-electron chi connectivity index (χ3n) is 4.87. The summed E-state index contributed by atoms with van der Waals surface area (Å²) in [6, 6.07) is 19.1. The molecule has 4 rings (SSSR count). The van der Waals surface area contributed by atoms with E-state index in [1.807, 2.05) is 25.1 Å². The van der Waals surface area contributed by atoms with Crippen LogP contribution in [0.15, 0.2) is 71.5 Å². The predicted octanol–water partition coefficient (Wildman–Crippen LogP) is 5.73. The van der Waals surface area contributed by atoms with E-state index in [0.29, 0.717) is 45.3 Å². The Bertz CT molecular complexity index is 1450. The molecule has 1 heterocycles. The third-order valence-corrected chi connectivity index (χ3v) is 5.40. The minimum Gasteiger partial charge on any atom is -0.490 e. The second-order valence-corrected chi connectivity index (χ2v) is 8.25. The van der Waals surface area contributed by atoms with Crippen molar-refractivity contribution in [1.82, 2.24) is 9.97 Å². The zero-order chi connectivity index (χ0) is 24.8. The number of ether oxygens (including phenoxy) is 2. The number of H-pyrrole nitrogens is 1. The summed E-state index contributed by atoms with van der Waals surface area (Å²) >= 11 is 12.5. The second-order valence-electron chi connectivity index (χ2n) is 7.41. The molecule has 0 aliphatic carbocycles. The van der Waals surface area contributed by atoms with E-state index in [0.717, 1.165) is 0 Å². The monoisotopic (exact) mass is 509 g/mol. The molecule has 9 heteroatoms. The van der Waals surface area contributed by atoms with Crippen LogP contribution in [0.3, 0.4) is 0 Å². The topological polar surface area (TPSA) is 93.3 Å². The number of nitrogens with one attached hydrogen (secondary N) is 2. The summed E-state index contributed by atoms with van der Waals surface area (Å²) in [7, 11) is 0. The van der Waals surface area contributed by atoms with Gasteiger partial charge in [-0.05, 0) is 61.0 Å². The molecule has 0 spiro atoms. The molecular formula is C26H21Cl2N3O4. The number of hydrogen-bond donors (Lipinski definition) is 2. The lowest BCUT2D eigenvalue weighted by molar-refractivity contribution is -0.118. The van der Waals surface area contributed by atoms with Crippen molar-refractivity contribution in [3.63, 3.8) is 0 Å². The van der Waals surface area contributed by atoms with E-state index in [1.54, 1.807) is 54.6 Å². The number of para-hydroxylation sites is 1. The van der Waals surface area contributed by atoms with Crippen molar-refractivity contribution < 1.29 is 14.3 Å². The van der Waals surface area contributed by atoms with E-state index >= 15 is 0 Å². The summed E-state index contributed by atoms with van der Waals surface area (Å²) in [4.78, 5) is 31.7. The Morgan fingerprint density at radius 1 is 1.06 bits per heavy atom. The first-order valence-corrected chi connectivity index (χ1v) is 11.5. The van der Waals surface area contributed by atoms with Crippen LogP contribution < -0.4 is 20.3 Å². The van der Waals surface area contributed by atoms with Gasteiger partial charge in [0.2, 0.25) is 0 Å². The Morgan fingerprint density at radius 3 is 2.63 bits per heavy atom. The zero-order valence-electron chi connectivity index (χ0n) is 18.7. The van der Waals surface area contributed by atoms with E-state index in [1.165, 1.54) is 0 Å². The van der Waals surface area contributed by atoms with Crippen LogP contribution in [-0.4, -0.2) is 29.1 Å². The molecule has 0 aliphatic heterocycles. The molecule has 0 saturated carbocycles. The van der Waals surface area contributed by atoms with E-state index < -0.39 is 0 Å². The number of fused-ring (bicyclic) bond motifs is 1. The van der Waals surface area contributed by atoms with Gasteiger partial charge in [-0.15, -0.1) is 0 Å². The Labute approximate surface area is 211 Å². The van der Waals surface area contributed by atoms with Crippen molar-refractivity contribution in [3.05, 3.63) is 93.5 Å². The number of nitrogens with zero attached hydrogens (tertiary/aromatic N) is 1. The number of amides is 1. The molecule has 0 atom stereocenters. The molecule has 1 aromatic heterocycles. The number of carbonyl (C=O) groups is 1. The SMILES string of the molecule is CCOc1cc(/C=C(\Cl)c2nc3cc(Cl)ccc3c(=O)[nH]2)ccc1OCC(=O)Nc1ccccc1. The summed E-state index contributed by atoms with van der Waals surface area (Å²) in [6.07, 6.45) is 1.64. The minimum atomic E-state index is -0.319. The summed E-state index contributed by atoms with van der Waals surface area (Å²) in [6.45, 7) is 2.06. The van der Waals surface area contributed by atoms with Crippen molar-refractivity contribution in [2.75, 3.05) is 18.5 Å². The highest BCUT2D eigenvalue weighted by Gasteiger charge is 2.11. The maximum absolute atomic E-state index is 12.4. The number of hydrogen-bond acceptors (Lipinski definition) is 5. The number of carbonyl (C=O) groups excluding carboxylic acids is 1. The number of aromatic nitrogens is 2. The standard InChI is InChI=1S/C26H21Cl2N3O4/c1-2-34-23-13-16(8-11-22(23)35-15-24(32)29-18-6-4-3-5-7-18)12-20(28)25-30-21-14-17(27)9-10-19(21)26(33)31-25/h3-14H,2,15H2,1H3,(H,29,32)(H,30,31,33)/b20-12-. The molecular weight excluding hydrogens is 489 g/mol. The molecule has 0 fully saturated rings. The van der Waals surface area contributed by atoms with Gasteiger partial charge >= 0.3 is 0 Å². The van der Waals surface area contributed by atoms with Gasteiger partial charge in [0.15, 0.2) is 23.9 Å². The molecule has 0 bridgehead atoms. The molecule has 0 saturated heterocycles. The number of anilines is 1. The average molecular weight is 510 g/mol. The maximum atomic E-state index is 12.4.